The van der Waals surface area contributed by atoms with Crippen LogP contribution < -0.4 is 4.90 Å². The summed E-state index contributed by atoms with van der Waals surface area (Å²) in [5, 5.41) is 4.74. The zero-order valence-electron chi connectivity index (χ0n) is 31.1. The van der Waals surface area contributed by atoms with Crippen LogP contribution in [0.4, 0.5) is 17.1 Å². The smallest absolute Gasteiger partial charge is 0.143 e. The molecule has 11 aromatic rings. The highest BCUT2D eigenvalue weighted by Crippen LogP contribution is 2.45. The van der Waals surface area contributed by atoms with Crippen LogP contribution in [0.15, 0.2) is 223 Å². The Morgan fingerprint density at radius 2 is 0.930 bits per heavy atom. The van der Waals surface area contributed by atoms with Crippen molar-refractivity contribution in [2.45, 2.75) is 0 Å². The van der Waals surface area contributed by atoms with Crippen LogP contribution in [-0.4, -0.2) is 4.57 Å². The number of rotatable bonds is 7. The van der Waals surface area contributed by atoms with Gasteiger partial charge < -0.3 is 13.9 Å². The monoisotopic (exact) mass is 728 g/mol. The maximum atomic E-state index is 6.60. The Morgan fingerprint density at radius 1 is 0.351 bits per heavy atom. The molecule has 0 atom stereocenters. The molecule has 0 saturated heterocycles. The van der Waals surface area contributed by atoms with E-state index in [1.807, 2.05) is 12.1 Å². The fourth-order valence-electron chi connectivity index (χ4n) is 8.62. The van der Waals surface area contributed by atoms with Crippen molar-refractivity contribution in [3.05, 3.63) is 218 Å². The van der Waals surface area contributed by atoms with Crippen molar-refractivity contribution in [3.8, 4) is 39.1 Å². The summed E-state index contributed by atoms with van der Waals surface area (Å²) in [6.45, 7) is 0. The summed E-state index contributed by atoms with van der Waals surface area (Å²) in [7, 11) is 0. The second-order valence-corrected chi connectivity index (χ2v) is 14.5. The number of hydrogen-bond acceptors (Lipinski definition) is 2. The highest BCUT2D eigenvalue weighted by atomic mass is 16.3. The predicted molar refractivity (Wildman–Crippen MR) is 239 cm³/mol. The highest BCUT2D eigenvalue weighted by Gasteiger charge is 2.21. The van der Waals surface area contributed by atoms with Gasteiger partial charge in [-0.15, -0.1) is 0 Å². The van der Waals surface area contributed by atoms with E-state index in [9.17, 15) is 0 Å². The van der Waals surface area contributed by atoms with E-state index in [0.717, 1.165) is 66.9 Å². The highest BCUT2D eigenvalue weighted by molar-refractivity contribution is 6.11. The Morgan fingerprint density at radius 3 is 1.72 bits per heavy atom. The van der Waals surface area contributed by atoms with Crippen LogP contribution in [0.3, 0.4) is 0 Å². The van der Waals surface area contributed by atoms with Crippen LogP contribution in [0, 0.1) is 0 Å². The van der Waals surface area contributed by atoms with E-state index in [0.29, 0.717) is 0 Å². The van der Waals surface area contributed by atoms with Crippen LogP contribution in [0.25, 0.3) is 82.8 Å². The molecule has 0 N–H and O–H groups in total. The molecule has 0 unspecified atom stereocenters. The number of nitrogens with zero attached hydrogens (tertiary/aromatic N) is 2. The van der Waals surface area contributed by atoms with Gasteiger partial charge in [0.1, 0.15) is 11.2 Å². The number of furan rings is 1. The van der Waals surface area contributed by atoms with Crippen LogP contribution in [0.5, 0.6) is 0 Å². The lowest BCUT2D eigenvalue weighted by Gasteiger charge is -2.28. The van der Waals surface area contributed by atoms with Gasteiger partial charge in [-0.25, -0.2) is 0 Å². The molecule has 2 heterocycles. The zero-order chi connectivity index (χ0) is 37.7. The van der Waals surface area contributed by atoms with Crippen LogP contribution >= 0.6 is 0 Å². The molecule has 0 aliphatic rings. The minimum absolute atomic E-state index is 0.890. The average molecular weight is 729 g/mol. The number of para-hydroxylation sites is 6. The third-order valence-electron chi connectivity index (χ3n) is 11.2. The van der Waals surface area contributed by atoms with Gasteiger partial charge in [0, 0.05) is 49.6 Å². The van der Waals surface area contributed by atoms with Crippen molar-refractivity contribution >= 4 is 60.8 Å². The third-order valence-corrected chi connectivity index (χ3v) is 11.2. The summed E-state index contributed by atoms with van der Waals surface area (Å²) in [6.07, 6.45) is 0. The molecular weight excluding hydrogens is 693 g/mol. The van der Waals surface area contributed by atoms with E-state index in [-0.39, 0.29) is 0 Å². The summed E-state index contributed by atoms with van der Waals surface area (Å²) in [6, 6.07) is 78.1. The number of anilines is 3. The fraction of sp³-hybridized carbons (Fsp3) is 0. The van der Waals surface area contributed by atoms with Gasteiger partial charge in [0.25, 0.3) is 0 Å². The molecule has 0 aliphatic heterocycles. The molecule has 0 spiro atoms. The molecule has 57 heavy (non-hydrogen) atoms. The molecule has 3 nitrogen and oxygen atoms in total. The molecular formula is C54H36N2O. The second kappa shape index (κ2) is 13.6. The summed E-state index contributed by atoms with van der Waals surface area (Å²) in [5.41, 5.74) is 15.3. The van der Waals surface area contributed by atoms with Crippen molar-refractivity contribution in [1.82, 2.24) is 4.57 Å². The van der Waals surface area contributed by atoms with E-state index in [4.69, 9.17) is 4.42 Å². The van der Waals surface area contributed by atoms with Crippen LogP contribution in [-0.2, 0) is 0 Å². The number of hydrogen-bond donors (Lipinski definition) is 0. The van der Waals surface area contributed by atoms with Crippen molar-refractivity contribution in [2.24, 2.45) is 0 Å². The van der Waals surface area contributed by atoms with Gasteiger partial charge in [-0.3, -0.25) is 0 Å². The lowest BCUT2D eigenvalue weighted by molar-refractivity contribution is 0.670. The second-order valence-electron chi connectivity index (χ2n) is 14.5. The summed E-state index contributed by atoms with van der Waals surface area (Å²) in [4.78, 5) is 2.38. The maximum absolute atomic E-state index is 6.60. The van der Waals surface area contributed by atoms with E-state index in [2.05, 4.69) is 216 Å². The summed E-state index contributed by atoms with van der Waals surface area (Å²) >= 11 is 0. The largest absolute Gasteiger partial charge is 0.455 e. The molecule has 0 saturated carbocycles. The molecule has 0 aliphatic carbocycles. The molecule has 3 heteroatoms. The third kappa shape index (κ3) is 5.51. The van der Waals surface area contributed by atoms with Crippen molar-refractivity contribution < 1.29 is 4.42 Å². The lowest BCUT2D eigenvalue weighted by Crippen LogP contribution is -2.11. The first-order chi connectivity index (χ1) is 28.3. The Labute approximate surface area is 330 Å². The first-order valence-electron chi connectivity index (χ1n) is 19.4. The van der Waals surface area contributed by atoms with Gasteiger partial charge in [-0.05, 0) is 71.3 Å². The summed E-state index contributed by atoms with van der Waals surface area (Å²) in [5.74, 6) is 0. The molecule has 0 amide bonds. The Balaban J connectivity index is 1.09. The molecule has 268 valence electrons. The fourth-order valence-corrected chi connectivity index (χ4v) is 8.62. The van der Waals surface area contributed by atoms with Crippen molar-refractivity contribution in [1.29, 1.82) is 0 Å². The van der Waals surface area contributed by atoms with E-state index in [1.165, 1.54) is 32.9 Å². The number of aromatic nitrogens is 1. The van der Waals surface area contributed by atoms with Gasteiger partial charge >= 0.3 is 0 Å². The lowest BCUT2D eigenvalue weighted by atomic mass is 9.98. The van der Waals surface area contributed by atoms with Gasteiger partial charge in [-0.1, -0.05) is 164 Å². The first-order valence-corrected chi connectivity index (χ1v) is 19.4. The molecule has 2 aromatic heterocycles. The van der Waals surface area contributed by atoms with Gasteiger partial charge in [0.2, 0.25) is 0 Å². The standard InChI is InChI=1S/C54H36N2O/c1-2-16-37(17-3-1)39-18-14-19-41(36-39)55(50-28-10-7-23-45(50)47-25-15-26-48-46-24-8-13-31-53(46)57-54(47)48)40-34-32-38(33-35-40)42-20-4-9-27-49(42)56-51-29-11-5-21-43(51)44-22-6-12-30-52(44)56/h1-36H. The minimum atomic E-state index is 0.890. The Hall–Kier alpha value is -7.62. The number of benzene rings is 9. The Bertz CT molecular complexity index is 3190. The molecule has 0 bridgehead atoms. The normalized spacial score (nSPS) is 11.5. The minimum Gasteiger partial charge on any atom is -0.455 e. The van der Waals surface area contributed by atoms with E-state index < -0.39 is 0 Å². The number of fused-ring (bicyclic) bond motifs is 6. The molecule has 9 aromatic carbocycles. The van der Waals surface area contributed by atoms with E-state index >= 15 is 0 Å². The van der Waals surface area contributed by atoms with Crippen LogP contribution in [0.2, 0.25) is 0 Å². The van der Waals surface area contributed by atoms with Gasteiger partial charge in [-0.2, -0.15) is 0 Å². The quantitative estimate of drug-likeness (QED) is 0.163. The Kier molecular flexibility index (Phi) is 7.82. The first kappa shape index (κ1) is 32.8. The van der Waals surface area contributed by atoms with Crippen molar-refractivity contribution in [3.63, 3.8) is 0 Å². The molecule has 11 rings (SSSR count). The van der Waals surface area contributed by atoms with Crippen molar-refractivity contribution in [2.75, 3.05) is 4.90 Å². The maximum Gasteiger partial charge on any atom is 0.143 e. The van der Waals surface area contributed by atoms with E-state index in [1.54, 1.807) is 0 Å². The van der Waals surface area contributed by atoms with Gasteiger partial charge in [0.05, 0.1) is 22.4 Å². The molecule has 0 radical (unpaired) electrons. The molecule has 0 fully saturated rings. The summed E-state index contributed by atoms with van der Waals surface area (Å²) < 4.78 is 9.01. The average Bonchev–Trinajstić information content (AvgIpc) is 3.84. The van der Waals surface area contributed by atoms with Gasteiger partial charge in [0.15, 0.2) is 0 Å². The van der Waals surface area contributed by atoms with Crippen LogP contribution in [0.1, 0.15) is 0 Å². The predicted octanol–water partition coefficient (Wildman–Crippen LogP) is 15.2. The topological polar surface area (TPSA) is 21.3 Å². The SMILES string of the molecule is c1ccc(-c2cccc(N(c3ccc(-c4ccccc4-n4c5ccccc5c5ccccc54)cc3)c3ccccc3-c3cccc4c3oc3ccccc34)c2)cc1. The zero-order valence-corrected chi connectivity index (χ0v) is 31.1.